The van der Waals surface area contributed by atoms with E-state index in [4.69, 9.17) is 0 Å². The van der Waals surface area contributed by atoms with Gasteiger partial charge >= 0.3 is 0 Å². The first-order chi connectivity index (χ1) is 14.3. The third-order valence-electron chi connectivity index (χ3n) is 5.61. The number of benzene rings is 2. The number of hydrogen-bond donors (Lipinski definition) is 1. The highest BCUT2D eigenvalue weighted by atomic mass is 32.2. The minimum Gasteiger partial charge on any atom is -0.325 e. The number of carbonyl (C=O) groups is 1. The van der Waals surface area contributed by atoms with Crippen molar-refractivity contribution in [3.8, 4) is 0 Å². The summed E-state index contributed by atoms with van der Waals surface area (Å²) < 4.78 is 53.6. The number of aryl methyl sites for hydroxylation is 2. The Hall–Kier alpha value is -2.36. The number of amides is 1. The Kier molecular flexibility index (Phi) is 5.86. The number of fused-ring (bicyclic) bond motifs is 1. The van der Waals surface area contributed by atoms with Crippen LogP contribution in [0.2, 0.25) is 0 Å². The maximum absolute atomic E-state index is 13.3. The van der Waals surface area contributed by atoms with Gasteiger partial charge in [0.25, 0.3) is 0 Å². The Morgan fingerprint density at radius 1 is 0.933 bits per heavy atom. The monoisotopic (exact) mass is 435 g/mol. The van der Waals surface area contributed by atoms with Crippen LogP contribution in [0.25, 0.3) is 0 Å². The number of hydrogen-bond acceptors (Lipinski definition) is 4. The molecule has 0 bridgehead atoms. The summed E-state index contributed by atoms with van der Waals surface area (Å²) in [5.74, 6) is -2.37. The van der Waals surface area contributed by atoms with E-state index >= 15 is 0 Å². The lowest BCUT2D eigenvalue weighted by Gasteiger charge is -2.33. The lowest BCUT2D eigenvalue weighted by molar-refractivity contribution is -0.117. The fourth-order valence-electron chi connectivity index (χ4n) is 3.96. The van der Waals surface area contributed by atoms with Crippen molar-refractivity contribution in [2.24, 2.45) is 0 Å². The Bertz CT molecular complexity index is 1070. The van der Waals surface area contributed by atoms with Gasteiger partial charge in [0.1, 0.15) is 0 Å². The molecule has 1 aliphatic carbocycles. The van der Waals surface area contributed by atoms with Gasteiger partial charge in [-0.25, -0.2) is 17.2 Å². The van der Waals surface area contributed by atoms with Crippen LogP contribution in [-0.2, 0) is 27.7 Å². The first-order valence-electron chi connectivity index (χ1n) is 9.92. The summed E-state index contributed by atoms with van der Waals surface area (Å²) >= 11 is 0. The maximum Gasteiger partial charge on any atom is 0.243 e. The number of sulfonamides is 1. The summed E-state index contributed by atoms with van der Waals surface area (Å²) in [5.41, 5.74) is 2.52. The molecule has 0 saturated carbocycles. The number of rotatable bonds is 5. The zero-order valence-electron chi connectivity index (χ0n) is 16.4. The molecular formula is C21H23F2N3O3S. The molecule has 2 aromatic rings. The molecule has 0 atom stereocenters. The molecular weight excluding hydrogens is 412 g/mol. The van der Waals surface area contributed by atoms with E-state index in [1.54, 1.807) is 12.1 Å². The Labute approximate surface area is 174 Å². The molecule has 30 heavy (non-hydrogen) atoms. The lowest BCUT2D eigenvalue weighted by atomic mass is 10.1. The van der Waals surface area contributed by atoms with Crippen LogP contribution in [0.4, 0.5) is 14.5 Å². The molecule has 2 aliphatic rings. The molecule has 0 radical (unpaired) electrons. The second kappa shape index (κ2) is 8.41. The molecule has 160 valence electrons. The number of piperazine rings is 1. The summed E-state index contributed by atoms with van der Waals surface area (Å²) in [5, 5.41) is 2.53. The standard InChI is InChI=1S/C21H23F2N3O3S/c22-19-7-5-17(13-20(19)23)24-21(27)14-25-8-10-26(11-9-25)30(28,29)18-6-4-15-2-1-3-16(15)12-18/h4-7,12-13H,1-3,8-11,14H2,(H,24,27). The average Bonchev–Trinajstić information content (AvgIpc) is 3.19. The minimum absolute atomic E-state index is 0.0473. The molecule has 1 heterocycles. The smallest absolute Gasteiger partial charge is 0.243 e. The molecule has 1 aliphatic heterocycles. The summed E-state index contributed by atoms with van der Waals surface area (Å²) in [6, 6.07) is 8.55. The first-order valence-corrected chi connectivity index (χ1v) is 11.4. The zero-order valence-corrected chi connectivity index (χ0v) is 17.2. The number of nitrogens with one attached hydrogen (secondary N) is 1. The van der Waals surface area contributed by atoms with Crippen LogP contribution >= 0.6 is 0 Å². The van der Waals surface area contributed by atoms with Gasteiger partial charge in [-0.15, -0.1) is 0 Å². The molecule has 0 spiro atoms. The van der Waals surface area contributed by atoms with Crippen molar-refractivity contribution in [2.45, 2.75) is 24.2 Å². The van der Waals surface area contributed by atoms with Gasteiger partial charge < -0.3 is 5.32 Å². The van der Waals surface area contributed by atoms with E-state index in [1.165, 1.54) is 15.9 Å². The van der Waals surface area contributed by atoms with Crippen LogP contribution in [0.15, 0.2) is 41.3 Å². The largest absolute Gasteiger partial charge is 0.325 e. The number of carbonyl (C=O) groups excluding carboxylic acids is 1. The summed E-state index contributed by atoms with van der Waals surface area (Å²) in [4.78, 5) is 14.3. The van der Waals surface area contributed by atoms with Crippen molar-refractivity contribution in [1.82, 2.24) is 9.21 Å². The summed E-state index contributed by atoms with van der Waals surface area (Å²) in [7, 11) is -3.56. The highest BCUT2D eigenvalue weighted by Crippen LogP contribution is 2.26. The zero-order chi connectivity index (χ0) is 21.3. The third-order valence-corrected chi connectivity index (χ3v) is 7.50. The van der Waals surface area contributed by atoms with Crippen LogP contribution < -0.4 is 5.32 Å². The van der Waals surface area contributed by atoms with Gasteiger partial charge in [0, 0.05) is 37.9 Å². The SMILES string of the molecule is O=C(CN1CCN(S(=O)(=O)c2ccc3c(c2)CCC3)CC1)Nc1ccc(F)c(F)c1. The van der Waals surface area contributed by atoms with E-state index in [9.17, 15) is 22.0 Å². The van der Waals surface area contributed by atoms with E-state index in [2.05, 4.69) is 5.32 Å². The normalized spacial score (nSPS) is 17.7. The van der Waals surface area contributed by atoms with Crippen LogP contribution in [0.1, 0.15) is 17.5 Å². The predicted molar refractivity (Wildman–Crippen MR) is 109 cm³/mol. The highest BCUT2D eigenvalue weighted by Gasteiger charge is 2.30. The number of halogens is 2. The van der Waals surface area contributed by atoms with Crippen LogP contribution in [-0.4, -0.2) is 56.3 Å². The first kappa shape index (κ1) is 20.9. The lowest BCUT2D eigenvalue weighted by Crippen LogP contribution is -2.50. The molecule has 0 unspecified atom stereocenters. The van der Waals surface area contributed by atoms with Crippen molar-refractivity contribution in [2.75, 3.05) is 38.0 Å². The quantitative estimate of drug-likeness (QED) is 0.783. The van der Waals surface area contributed by atoms with Gasteiger partial charge in [-0.3, -0.25) is 9.69 Å². The maximum atomic E-state index is 13.3. The number of nitrogens with zero attached hydrogens (tertiary/aromatic N) is 2. The molecule has 4 rings (SSSR count). The van der Waals surface area contributed by atoms with E-state index in [1.807, 2.05) is 11.0 Å². The molecule has 9 heteroatoms. The van der Waals surface area contributed by atoms with E-state index in [-0.39, 0.29) is 31.2 Å². The van der Waals surface area contributed by atoms with Gasteiger partial charge in [-0.1, -0.05) is 6.07 Å². The predicted octanol–water partition coefficient (Wildman–Crippen LogP) is 2.40. The fraction of sp³-hybridized carbons (Fsp3) is 0.381. The van der Waals surface area contributed by atoms with Gasteiger partial charge in [-0.05, 0) is 54.7 Å². The fourth-order valence-corrected chi connectivity index (χ4v) is 5.44. The second-order valence-electron chi connectivity index (χ2n) is 7.64. The molecule has 1 saturated heterocycles. The van der Waals surface area contributed by atoms with Crippen molar-refractivity contribution in [3.05, 3.63) is 59.2 Å². The van der Waals surface area contributed by atoms with E-state index in [0.717, 1.165) is 37.0 Å². The van der Waals surface area contributed by atoms with Crippen LogP contribution in [0, 0.1) is 11.6 Å². The molecule has 1 fully saturated rings. The minimum atomic E-state index is -3.56. The number of anilines is 1. The average molecular weight is 435 g/mol. The molecule has 6 nitrogen and oxygen atoms in total. The van der Waals surface area contributed by atoms with Gasteiger partial charge in [-0.2, -0.15) is 4.31 Å². The Balaban J connectivity index is 1.33. The summed E-state index contributed by atoms with van der Waals surface area (Å²) in [6.45, 7) is 1.45. The molecule has 1 amide bonds. The molecule has 1 N–H and O–H groups in total. The molecule has 0 aromatic heterocycles. The van der Waals surface area contributed by atoms with Crippen molar-refractivity contribution in [3.63, 3.8) is 0 Å². The van der Waals surface area contributed by atoms with Crippen molar-refractivity contribution < 1.29 is 22.0 Å². The van der Waals surface area contributed by atoms with Crippen molar-refractivity contribution in [1.29, 1.82) is 0 Å². The van der Waals surface area contributed by atoms with E-state index in [0.29, 0.717) is 18.0 Å². The molecule has 2 aromatic carbocycles. The topological polar surface area (TPSA) is 69.7 Å². The van der Waals surface area contributed by atoms with Crippen LogP contribution in [0.3, 0.4) is 0 Å². The van der Waals surface area contributed by atoms with Gasteiger partial charge in [0.2, 0.25) is 15.9 Å². The van der Waals surface area contributed by atoms with Crippen LogP contribution in [0.5, 0.6) is 0 Å². The Morgan fingerprint density at radius 2 is 1.67 bits per heavy atom. The van der Waals surface area contributed by atoms with Gasteiger partial charge in [0.05, 0.1) is 11.4 Å². The second-order valence-corrected chi connectivity index (χ2v) is 9.58. The third kappa shape index (κ3) is 4.38. The van der Waals surface area contributed by atoms with E-state index < -0.39 is 21.7 Å². The highest BCUT2D eigenvalue weighted by molar-refractivity contribution is 7.89. The summed E-state index contributed by atoms with van der Waals surface area (Å²) in [6.07, 6.45) is 2.98. The van der Waals surface area contributed by atoms with Gasteiger partial charge in [0.15, 0.2) is 11.6 Å². The Morgan fingerprint density at radius 3 is 2.40 bits per heavy atom. The van der Waals surface area contributed by atoms with Crippen molar-refractivity contribution >= 4 is 21.6 Å².